The molecule has 0 heterocycles. The van der Waals surface area contributed by atoms with Crippen LogP contribution < -0.4 is 0 Å². The SMILES string of the molecule is CCO.Oc1ccc(Cl)cc1Cc1ccccc1. The van der Waals surface area contributed by atoms with E-state index >= 15 is 0 Å². The molecule has 0 unspecified atom stereocenters. The summed E-state index contributed by atoms with van der Waals surface area (Å²) < 4.78 is 0. The first-order valence-corrected chi connectivity index (χ1v) is 6.17. The molecule has 2 nitrogen and oxygen atoms in total. The monoisotopic (exact) mass is 264 g/mol. The van der Waals surface area contributed by atoms with Gasteiger partial charge in [-0.05, 0) is 36.2 Å². The first-order chi connectivity index (χ1) is 8.67. The van der Waals surface area contributed by atoms with Crippen molar-refractivity contribution in [2.45, 2.75) is 13.3 Å². The zero-order valence-electron chi connectivity index (χ0n) is 10.3. The summed E-state index contributed by atoms with van der Waals surface area (Å²) in [6, 6.07) is 15.1. The fourth-order valence-electron chi connectivity index (χ4n) is 1.51. The number of phenols is 1. The molecule has 18 heavy (non-hydrogen) atoms. The minimum absolute atomic E-state index is 0.250. The number of aromatic hydroxyl groups is 1. The number of aliphatic hydroxyl groups excluding tert-OH is 1. The van der Waals surface area contributed by atoms with Crippen LogP contribution in [0.4, 0.5) is 0 Å². The second-order valence-electron chi connectivity index (χ2n) is 3.75. The molecule has 0 fully saturated rings. The summed E-state index contributed by atoms with van der Waals surface area (Å²) in [4.78, 5) is 0. The minimum Gasteiger partial charge on any atom is -0.508 e. The van der Waals surface area contributed by atoms with Crippen molar-refractivity contribution in [3.63, 3.8) is 0 Å². The third-order valence-electron chi connectivity index (χ3n) is 2.28. The quantitative estimate of drug-likeness (QED) is 0.870. The Morgan fingerprint density at radius 1 is 1.06 bits per heavy atom. The smallest absolute Gasteiger partial charge is 0.119 e. The van der Waals surface area contributed by atoms with Gasteiger partial charge < -0.3 is 10.2 Å². The van der Waals surface area contributed by atoms with Crippen LogP contribution in [0.3, 0.4) is 0 Å². The Hall–Kier alpha value is -1.51. The van der Waals surface area contributed by atoms with E-state index in [0.29, 0.717) is 17.2 Å². The van der Waals surface area contributed by atoms with Gasteiger partial charge in [0.2, 0.25) is 0 Å². The first-order valence-electron chi connectivity index (χ1n) is 5.79. The van der Waals surface area contributed by atoms with E-state index < -0.39 is 0 Å². The van der Waals surface area contributed by atoms with Gasteiger partial charge in [-0.3, -0.25) is 0 Å². The lowest BCUT2D eigenvalue weighted by molar-refractivity contribution is 0.318. The van der Waals surface area contributed by atoms with Gasteiger partial charge in [0.05, 0.1) is 0 Å². The summed E-state index contributed by atoms with van der Waals surface area (Å²) in [7, 11) is 0. The molecule has 3 heteroatoms. The maximum Gasteiger partial charge on any atom is 0.119 e. The maximum absolute atomic E-state index is 9.64. The first kappa shape index (κ1) is 14.6. The van der Waals surface area contributed by atoms with Crippen molar-refractivity contribution >= 4 is 11.6 Å². The standard InChI is InChI=1S/C13H11ClO.C2H6O/c14-12-6-7-13(15)11(9-12)8-10-4-2-1-3-5-10;1-2-3/h1-7,9,15H,8H2;3H,2H2,1H3. The fraction of sp³-hybridized carbons (Fsp3) is 0.200. The summed E-state index contributed by atoms with van der Waals surface area (Å²) in [5, 5.41) is 17.9. The zero-order chi connectivity index (χ0) is 13.4. The molecule has 2 N–H and O–H groups in total. The molecule has 0 spiro atoms. The van der Waals surface area contributed by atoms with Crippen LogP contribution in [0.5, 0.6) is 5.75 Å². The second-order valence-corrected chi connectivity index (χ2v) is 4.19. The van der Waals surface area contributed by atoms with Crippen LogP contribution in [-0.4, -0.2) is 16.8 Å². The predicted octanol–water partition coefficient (Wildman–Crippen LogP) is 3.64. The lowest BCUT2D eigenvalue weighted by atomic mass is 10.0. The van der Waals surface area contributed by atoms with E-state index in [1.165, 1.54) is 0 Å². The van der Waals surface area contributed by atoms with Crippen LogP contribution in [0, 0.1) is 0 Å². The third kappa shape index (κ3) is 4.78. The van der Waals surface area contributed by atoms with E-state index in [1.54, 1.807) is 25.1 Å². The van der Waals surface area contributed by atoms with E-state index in [-0.39, 0.29) is 6.61 Å². The molecule has 0 saturated heterocycles. The molecule has 0 saturated carbocycles. The highest BCUT2D eigenvalue weighted by Gasteiger charge is 2.02. The molecule has 2 aromatic carbocycles. The zero-order valence-corrected chi connectivity index (χ0v) is 11.1. The van der Waals surface area contributed by atoms with Crippen molar-refractivity contribution in [2.24, 2.45) is 0 Å². The highest BCUT2D eigenvalue weighted by molar-refractivity contribution is 6.30. The molecule has 0 amide bonds. The van der Waals surface area contributed by atoms with Crippen LogP contribution in [-0.2, 0) is 6.42 Å². The third-order valence-corrected chi connectivity index (χ3v) is 2.51. The summed E-state index contributed by atoms with van der Waals surface area (Å²) >= 11 is 5.87. The van der Waals surface area contributed by atoms with Crippen molar-refractivity contribution in [3.05, 3.63) is 64.7 Å². The van der Waals surface area contributed by atoms with Gasteiger partial charge in [0, 0.05) is 18.1 Å². The molecule has 2 rings (SSSR count). The molecule has 96 valence electrons. The second kappa shape index (κ2) is 7.75. The van der Waals surface area contributed by atoms with Gasteiger partial charge in [-0.2, -0.15) is 0 Å². The lowest BCUT2D eigenvalue weighted by Crippen LogP contribution is -1.88. The van der Waals surface area contributed by atoms with E-state index in [1.807, 2.05) is 30.3 Å². The van der Waals surface area contributed by atoms with E-state index in [9.17, 15) is 5.11 Å². The molecule has 2 aromatic rings. The largest absolute Gasteiger partial charge is 0.508 e. The van der Waals surface area contributed by atoms with Gasteiger partial charge in [-0.15, -0.1) is 0 Å². The Balaban J connectivity index is 0.000000492. The van der Waals surface area contributed by atoms with Gasteiger partial charge in [-0.1, -0.05) is 41.9 Å². The maximum atomic E-state index is 9.64. The van der Waals surface area contributed by atoms with Crippen molar-refractivity contribution in [2.75, 3.05) is 6.61 Å². The topological polar surface area (TPSA) is 40.5 Å². The summed E-state index contributed by atoms with van der Waals surface area (Å²) in [5.41, 5.74) is 2.02. The summed E-state index contributed by atoms with van der Waals surface area (Å²) in [6.07, 6.45) is 0.702. The molecule has 0 aliphatic heterocycles. The average molecular weight is 265 g/mol. The number of halogens is 1. The predicted molar refractivity (Wildman–Crippen MR) is 75.1 cm³/mol. The highest BCUT2D eigenvalue weighted by Crippen LogP contribution is 2.23. The van der Waals surface area contributed by atoms with Crippen molar-refractivity contribution in [1.29, 1.82) is 0 Å². The molecular weight excluding hydrogens is 248 g/mol. The van der Waals surface area contributed by atoms with Crippen LogP contribution in [0.1, 0.15) is 18.1 Å². The van der Waals surface area contributed by atoms with Gasteiger partial charge in [0.1, 0.15) is 5.75 Å². The fourth-order valence-corrected chi connectivity index (χ4v) is 1.71. The van der Waals surface area contributed by atoms with E-state index in [0.717, 1.165) is 11.1 Å². The Kier molecular flexibility index (Phi) is 6.26. The van der Waals surface area contributed by atoms with Crippen molar-refractivity contribution < 1.29 is 10.2 Å². The number of hydrogen-bond acceptors (Lipinski definition) is 2. The number of phenolic OH excluding ortho intramolecular Hbond substituents is 1. The van der Waals surface area contributed by atoms with Crippen molar-refractivity contribution in [1.82, 2.24) is 0 Å². The summed E-state index contributed by atoms with van der Waals surface area (Å²) in [5.74, 6) is 0.295. The van der Waals surface area contributed by atoms with Crippen LogP contribution in [0.2, 0.25) is 5.02 Å². The Morgan fingerprint density at radius 2 is 1.67 bits per heavy atom. The minimum atomic E-state index is 0.250. The average Bonchev–Trinajstić information content (AvgIpc) is 2.36. The highest BCUT2D eigenvalue weighted by atomic mass is 35.5. The molecule has 0 bridgehead atoms. The molecule has 0 atom stereocenters. The lowest BCUT2D eigenvalue weighted by Gasteiger charge is -2.05. The Labute approximate surface area is 112 Å². The van der Waals surface area contributed by atoms with Crippen LogP contribution in [0.15, 0.2) is 48.5 Å². The molecule has 0 radical (unpaired) electrons. The number of benzene rings is 2. The van der Waals surface area contributed by atoms with E-state index in [2.05, 4.69) is 0 Å². The number of aliphatic hydroxyl groups is 1. The molecular formula is C15H17ClO2. The number of rotatable bonds is 2. The van der Waals surface area contributed by atoms with E-state index in [4.69, 9.17) is 16.7 Å². The molecule has 0 aromatic heterocycles. The Bertz CT molecular complexity index is 469. The normalized spacial score (nSPS) is 9.50. The van der Waals surface area contributed by atoms with Gasteiger partial charge in [0.25, 0.3) is 0 Å². The van der Waals surface area contributed by atoms with Gasteiger partial charge in [-0.25, -0.2) is 0 Å². The van der Waals surface area contributed by atoms with Crippen molar-refractivity contribution in [3.8, 4) is 5.75 Å². The summed E-state index contributed by atoms with van der Waals surface area (Å²) in [6.45, 7) is 1.93. The van der Waals surface area contributed by atoms with Crippen LogP contribution in [0.25, 0.3) is 0 Å². The van der Waals surface area contributed by atoms with Gasteiger partial charge in [0.15, 0.2) is 0 Å². The van der Waals surface area contributed by atoms with Gasteiger partial charge >= 0.3 is 0 Å². The van der Waals surface area contributed by atoms with Crippen LogP contribution >= 0.6 is 11.6 Å². The molecule has 0 aliphatic rings. The number of hydrogen-bond donors (Lipinski definition) is 2. The molecule has 0 aliphatic carbocycles. The Morgan fingerprint density at radius 3 is 2.28 bits per heavy atom.